The summed E-state index contributed by atoms with van der Waals surface area (Å²) >= 11 is 0. The van der Waals surface area contributed by atoms with Gasteiger partial charge in [0, 0.05) is 31.6 Å². The fourth-order valence-corrected chi connectivity index (χ4v) is 4.56. The quantitative estimate of drug-likeness (QED) is 0.400. The van der Waals surface area contributed by atoms with Crippen LogP contribution in [0.2, 0.25) is 0 Å². The van der Waals surface area contributed by atoms with Crippen LogP contribution in [0.1, 0.15) is 51.3 Å². The Morgan fingerprint density at radius 3 is 2.24 bits per heavy atom. The summed E-state index contributed by atoms with van der Waals surface area (Å²) in [7, 11) is 0. The van der Waals surface area contributed by atoms with Crippen LogP contribution in [0.3, 0.4) is 0 Å². The molecule has 0 radical (unpaired) electrons. The van der Waals surface area contributed by atoms with Crippen molar-refractivity contribution in [2.24, 2.45) is 0 Å². The maximum Gasteiger partial charge on any atom is 0.253 e. The smallest absolute Gasteiger partial charge is 0.253 e. The second-order valence-electron chi connectivity index (χ2n) is 9.04. The summed E-state index contributed by atoms with van der Waals surface area (Å²) in [6, 6.07) is 18.9. The summed E-state index contributed by atoms with van der Waals surface area (Å²) in [6.07, 6.45) is 2.80. The lowest BCUT2D eigenvalue weighted by atomic mass is 10.1. The predicted octanol–water partition coefficient (Wildman–Crippen LogP) is 5.67. The Hall–Kier alpha value is -3.47. The summed E-state index contributed by atoms with van der Waals surface area (Å²) < 4.78 is 15.6. The van der Waals surface area contributed by atoms with Crippen LogP contribution in [-0.4, -0.2) is 33.4 Å². The van der Waals surface area contributed by atoms with Gasteiger partial charge in [0.15, 0.2) is 0 Å². The lowest BCUT2D eigenvalue weighted by molar-refractivity contribution is 0.0793. The molecule has 168 valence electrons. The first-order chi connectivity index (χ1) is 16.0. The molecule has 2 heterocycles. The molecule has 1 aromatic heterocycles. The van der Waals surface area contributed by atoms with Crippen molar-refractivity contribution in [2.45, 2.75) is 39.7 Å². The van der Waals surface area contributed by atoms with Gasteiger partial charge in [-0.2, -0.15) is 0 Å². The number of aromatic nitrogens is 2. The number of aryl methyl sites for hydroxylation is 2. The van der Waals surface area contributed by atoms with Gasteiger partial charge in [0.25, 0.3) is 5.91 Å². The first kappa shape index (κ1) is 21.4. The highest BCUT2D eigenvalue weighted by atomic mass is 19.1. The Balaban J connectivity index is 1.47. The number of rotatable bonds is 5. The molecule has 1 fully saturated rings. The number of carbonyl (C=O) groups excluding carboxylic acids is 1. The number of hydrogen-bond donors (Lipinski definition) is 0. The summed E-state index contributed by atoms with van der Waals surface area (Å²) in [6.45, 7) is 6.59. The number of nitrogens with zero attached hydrogens (tertiary/aromatic N) is 3. The van der Waals surface area contributed by atoms with Gasteiger partial charge in [-0.25, -0.2) is 9.37 Å². The molecule has 5 heteroatoms. The molecule has 0 N–H and O–H groups in total. The molecular formula is C28H28FN3O. The lowest BCUT2D eigenvalue weighted by Crippen LogP contribution is -2.27. The van der Waals surface area contributed by atoms with Crippen molar-refractivity contribution < 1.29 is 9.18 Å². The van der Waals surface area contributed by atoms with Crippen molar-refractivity contribution in [1.29, 1.82) is 0 Å². The van der Waals surface area contributed by atoms with Crippen molar-refractivity contribution in [3.05, 3.63) is 100 Å². The van der Waals surface area contributed by atoms with E-state index in [-0.39, 0.29) is 11.7 Å². The number of imidazole rings is 1. The van der Waals surface area contributed by atoms with E-state index in [0.717, 1.165) is 59.5 Å². The molecule has 1 amide bonds. The van der Waals surface area contributed by atoms with Crippen molar-refractivity contribution in [3.8, 4) is 0 Å². The summed E-state index contributed by atoms with van der Waals surface area (Å²) in [5.41, 5.74) is 7.38. The van der Waals surface area contributed by atoms with E-state index in [2.05, 4.69) is 30.5 Å². The van der Waals surface area contributed by atoms with Crippen molar-refractivity contribution in [2.75, 3.05) is 13.1 Å². The van der Waals surface area contributed by atoms with E-state index in [4.69, 9.17) is 4.98 Å². The molecule has 5 rings (SSSR count). The molecule has 0 bridgehead atoms. The van der Waals surface area contributed by atoms with Crippen molar-refractivity contribution in [1.82, 2.24) is 14.5 Å². The lowest BCUT2D eigenvalue weighted by Gasteiger charge is -2.15. The normalized spacial score (nSPS) is 13.7. The molecule has 0 unspecified atom stereocenters. The minimum absolute atomic E-state index is 0.121. The van der Waals surface area contributed by atoms with Crippen LogP contribution in [0.5, 0.6) is 0 Å². The number of carbonyl (C=O) groups is 1. The molecule has 1 saturated heterocycles. The van der Waals surface area contributed by atoms with Gasteiger partial charge in [0.05, 0.1) is 11.0 Å². The van der Waals surface area contributed by atoms with Gasteiger partial charge in [-0.05, 0) is 85.3 Å². The zero-order valence-corrected chi connectivity index (χ0v) is 19.1. The van der Waals surface area contributed by atoms with Gasteiger partial charge < -0.3 is 9.47 Å². The fourth-order valence-electron chi connectivity index (χ4n) is 4.56. The first-order valence-electron chi connectivity index (χ1n) is 11.6. The Bertz CT molecular complexity index is 1300. The first-order valence-corrected chi connectivity index (χ1v) is 11.6. The SMILES string of the molecule is Cc1cc2nc(Cc3ccc(F)cc3)n(Cc3ccc(C(=O)N4CCCC4)cc3)c2cc1C. The topological polar surface area (TPSA) is 38.1 Å². The molecule has 33 heavy (non-hydrogen) atoms. The molecule has 1 aliphatic rings. The third-order valence-corrected chi connectivity index (χ3v) is 6.65. The zero-order valence-electron chi connectivity index (χ0n) is 19.1. The zero-order chi connectivity index (χ0) is 22.9. The Kier molecular flexibility index (Phi) is 5.71. The maximum atomic E-state index is 13.4. The molecule has 4 nitrogen and oxygen atoms in total. The highest BCUT2D eigenvalue weighted by Gasteiger charge is 2.19. The summed E-state index contributed by atoms with van der Waals surface area (Å²) in [5.74, 6) is 0.830. The van der Waals surface area contributed by atoms with Crippen LogP contribution in [-0.2, 0) is 13.0 Å². The van der Waals surface area contributed by atoms with E-state index in [9.17, 15) is 9.18 Å². The summed E-state index contributed by atoms with van der Waals surface area (Å²) in [4.78, 5) is 19.6. The molecule has 0 saturated carbocycles. The number of fused-ring (bicyclic) bond motifs is 1. The second-order valence-corrected chi connectivity index (χ2v) is 9.04. The monoisotopic (exact) mass is 441 g/mol. The van der Waals surface area contributed by atoms with E-state index in [1.165, 1.54) is 23.3 Å². The van der Waals surface area contributed by atoms with Gasteiger partial charge in [-0.1, -0.05) is 24.3 Å². The number of benzene rings is 3. The summed E-state index contributed by atoms with van der Waals surface area (Å²) in [5, 5.41) is 0. The molecule has 0 spiro atoms. The molecule has 3 aromatic carbocycles. The van der Waals surface area contributed by atoms with Crippen LogP contribution in [0.15, 0.2) is 60.7 Å². The number of likely N-dealkylation sites (tertiary alicyclic amines) is 1. The van der Waals surface area contributed by atoms with Crippen LogP contribution in [0.25, 0.3) is 11.0 Å². The largest absolute Gasteiger partial charge is 0.339 e. The van der Waals surface area contributed by atoms with Gasteiger partial charge in [-0.3, -0.25) is 4.79 Å². The van der Waals surface area contributed by atoms with Gasteiger partial charge in [0.2, 0.25) is 0 Å². The van der Waals surface area contributed by atoms with Crippen LogP contribution >= 0.6 is 0 Å². The van der Waals surface area contributed by atoms with E-state index in [1.54, 1.807) is 0 Å². The minimum Gasteiger partial charge on any atom is -0.339 e. The highest BCUT2D eigenvalue weighted by Crippen LogP contribution is 2.24. The van der Waals surface area contributed by atoms with Crippen LogP contribution in [0.4, 0.5) is 4.39 Å². The third kappa shape index (κ3) is 4.40. The average molecular weight is 442 g/mol. The van der Waals surface area contributed by atoms with Crippen molar-refractivity contribution in [3.63, 3.8) is 0 Å². The van der Waals surface area contributed by atoms with Gasteiger partial charge in [0.1, 0.15) is 11.6 Å². The highest BCUT2D eigenvalue weighted by molar-refractivity contribution is 5.94. The molecular weight excluding hydrogens is 413 g/mol. The van der Waals surface area contributed by atoms with Crippen molar-refractivity contribution >= 4 is 16.9 Å². The fraction of sp³-hybridized carbons (Fsp3) is 0.286. The Morgan fingerprint density at radius 2 is 1.55 bits per heavy atom. The maximum absolute atomic E-state index is 13.4. The standard InChI is InChI=1S/C28H28FN3O/c1-19-15-25-26(16-20(19)2)32(27(30-25)17-21-7-11-24(29)12-8-21)18-22-5-9-23(10-6-22)28(33)31-13-3-4-14-31/h5-12,15-16H,3-4,13-14,17-18H2,1-2H3. The molecule has 0 aliphatic carbocycles. The molecule has 4 aromatic rings. The Morgan fingerprint density at radius 1 is 0.909 bits per heavy atom. The number of hydrogen-bond acceptors (Lipinski definition) is 2. The third-order valence-electron chi connectivity index (χ3n) is 6.65. The number of halogens is 1. The van der Waals surface area contributed by atoms with E-state index in [1.807, 2.05) is 41.3 Å². The second kappa shape index (κ2) is 8.81. The number of amides is 1. The minimum atomic E-state index is -0.234. The molecule has 0 atom stereocenters. The predicted molar refractivity (Wildman–Crippen MR) is 129 cm³/mol. The van der Waals surface area contributed by atoms with Gasteiger partial charge >= 0.3 is 0 Å². The Labute approximate surface area is 193 Å². The molecule has 1 aliphatic heterocycles. The van der Waals surface area contributed by atoms with E-state index < -0.39 is 0 Å². The van der Waals surface area contributed by atoms with Crippen LogP contribution < -0.4 is 0 Å². The van der Waals surface area contributed by atoms with E-state index in [0.29, 0.717) is 13.0 Å². The van der Waals surface area contributed by atoms with Gasteiger partial charge in [-0.15, -0.1) is 0 Å². The van der Waals surface area contributed by atoms with E-state index >= 15 is 0 Å². The average Bonchev–Trinajstić information content (AvgIpc) is 3.45. The van der Waals surface area contributed by atoms with Crippen LogP contribution in [0, 0.1) is 19.7 Å².